The highest BCUT2D eigenvalue weighted by molar-refractivity contribution is 6.28. The molecule has 0 amide bonds. The van der Waals surface area contributed by atoms with Crippen LogP contribution in [0.5, 0.6) is 0 Å². The Labute approximate surface area is 422 Å². The molecule has 0 saturated carbocycles. The molecule has 73 heavy (non-hydrogen) atoms. The van der Waals surface area contributed by atoms with Gasteiger partial charge in [0.2, 0.25) is 0 Å². The molecular weight excluding hydrogens is 881 g/mol. The van der Waals surface area contributed by atoms with Crippen molar-refractivity contribution in [3.05, 3.63) is 289 Å². The predicted molar refractivity (Wildman–Crippen MR) is 307 cm³/mol. The fourth-order valence-corrected chi connectivity index (χ4v) is 13.5. The lowest BCUT2D eigenvalue weighted by molar-refractivity contribution is 0.794. The van der Waals surface area contributed by atoms with Crippen molar-refractivity contribution >= 4 is 82.0 Å². The molecule has 14 aromatic rings. The minimum atomic E-state index is -0.543. The lowest BCUT2D eigenvalue weighted by atomic mass is 9.70. The molecular formula is C71H44N2. The zero-order valence-corrected chi connectivity index (χ0v) is 39.8. The van der Waals surface area contributed by atoms with Gasteiger partial charge in [0, 0.05) is 27.7 Å². The Hall–Kier alpha value is -9.50. The van der Waals surface area contributed by atoms with Crippen LogP contribution in [0.1, 0.15) is 22.3 Å². The van der Waals surface area contributed by atoms with Crippen LogP contribution in [0, 0.1) is 0 Å². The van der Waals surface area contributed by atoms with Crippen molar-refractivity contribution in [2.45, 2.75) is 5.41 Å². The van der Waals surface area contributed by atoms with E-state index in [0.717, 1.165) is 33.8 Å². The Bertz CT molecular complexity index is 4540. The van der Waals surface area contributed by atoms with E-state index in [1.165, 1.54) is 109 Å². The summed E-state index contributed by atoms with van der Waals surface area (Å²) in [4.78, 5) is 2.62. The van der Waals surface area contributed by atoms with Crippen LogP contribution in [-0.2, 0) is 5.41 Å². The maximum atomic E-state index is 2.62. The molecule has 0 saturated heterocycles. The second kappa shape index (κ2) is 15.3. The summed E-state index contributed by atoms with van der Waals surface area (Å²) in [7, 11) is 0. The molecule has 0 radical (unpaired) electrons. The average Bonchev–Trinajstić information content (AvgIpc) is 4.08. The fourth-order valence-electron chi connectivity index (χ4n) is 13.5. The number of anilines is 3. The SMILES string of the molecule is c1ccc(-c2cc3c(cc2N(c2ccc4c5ccccc5c5ccccc5c4c2)c2cccc4c2c2c5ccccc5ccc2n4-c2ccccc2)C2(c4ccccc4-c4ccccc42)c2ccccc2-3)cc1. The van der Waals surface area contributed by atoms with Crippen LogP contribution in [0.2, 0.25) is 0 Å². The van der Waals surface area contributed by atoms with E-state index >= 15 is 0 Å². The van der Waals surface area contributed by atoms with E-state index in [-0.39, 0.29) is 0 Å². The summed E-state index contributed by atoms with van der Waals surface area (Å²) in [6, 6.07) is 100. The van der Waals surface area contributed by atoms with Crippen LogP contribution in [0.25, 0.3) is 104 Å². The van der Waals surface area contributed by atoms with Gasteiger partial charge in [-0.15, -0.1) is 0 Å². The standard InChI is InChI=1S/C71H44N2/c1-3-20-45(21-4-1)58-43-60-57-32-15-18-35-63(57)71(61-33-16-13-30-55(61)56-31-14-17-34-62(56)71)64(60)44-68(58)73(48-39-40-54-52-28-10-9-26-50(52)51-27-11-12-29-53(51)59(54)42-48)66-37-19-36-65-70(66)69-49-25-8-7-22-46(49)38-41-67(69)72(65)47-23-5-2-6-24-47/h1-44H. The van der Waals surface area contributed by atoms with Crippen molar-refractivity contribution in [2.24, 2.45) is 0 Å². The number of aromatic nitrogens is 1. The van der Waals surface area contributed by atoms with Gasteiger partial charge in [-0.05, 0) is 148 Å². The first-order chi connectivity index (χ1) is 36.3. The van der Waals surface area contributed by atoms with Crippen LogP contribution in [0.4, 0.5) is 17.1 Å². The number of fused-ring (bicyclic) bond motifs is 21. The first-order valence-corrected chi connectivity index (χ1v) is 25.4. The molecule has 0 atom stereocenters. The van der Waals surface area contributed by atoms with E-state index in [1.54, 1.807) is 0 Å². The van der Waals surface area contributed by atoms with Gasteiger partial charge < -0.3 is 9.47 Å². The minimum Gasteiger partial charge on any atom is -0.309 e. The quantitative estimate of drug-likeness (QED) is 0.156. The number of hydrogen-bond donors (Lipinski definition) is 0. The van der Waals surface area contributed by atoms with Crippen molar-refractivity contribution in [3.8, 4) is 39.1 Å². The molecule has 1 aromatic heterocycles. The third-order valence-corrected chi connectivity index (χ3v) is 16.3. The highest BCUT2D eigenvalue weighted by atomic mass is 15.2. The highest BCUT2D eigenvalue weighted by Crippen LogP contribution is 2.64. The van der Waals surface area contributed by atoms with Gasteiger partial charge in [0.05, 0.1) is 27.8 Å². The summed E-state index contributed by atoms with van der Waals surface area (Å²) in [5, 5.41) is 12.4. The lowest BCUT2D eigenvalue weighted by Gasteiger charge is -2.33. The molecule has 0 unspecified atom stereocenters. The highest BCUT2D eigenvalue weighted by Gasteiger charge is 2.52. The second-order valence-electron chi connectivity index (χ2n) is 19.8. The maximum Gasteiger partial charge on any atom is 0.0726 e. The van der Waals surface area contributed by atoms with Crippen LogP contribution in [-0.4, -0.2) is 4.57 Å². The molecule has 0 N–H and O–H groups in total. The number of rotatable bonds is 5. The molecule has 2 heteroatoms. The number of benzene rings is 13. The summed E-state index contributed by atoms with van der Waals surface area (Å²) in [6.07, 6.45) is 0. The van der Waals surface area contributed by atoms with E-state index < -0.39 is 5.41 Å². The zero-order valence-electron chi connectivity index (χ0n) is 39.8. The summed E-state index contributed by atoms with van der Waals surface area (Å²) < 4.78 is 2.47. The van der Waals surface area contributed by atoms with Gasteiger partial charge in [-0.1, -0.05) is 212 Å². The van der Waals surface area contributed by atoms with Crippen molar-refractivity contribution < 1.29 is 0 Å². The topological polar surface area (TPSA) is 8.17 Å². The first-order valence-electron chi connectivity index (χ1n) is 25.4. The Kier molecular flexibility index (Phi) is 8.41. The van der Waals surface area contributed by atoms with E-state index in [1.807, 2.05) is 0 Å². The molecule has 16 rings (SSSR count). The van der Waals surface area contributed by atoms with Crippen LogP contribution < -0.4 is 4.90 Å². The minimum absolute atomic E-state index is 0.543. The van der Waals surface area contributed by atoms with E-state index in [9.17, 15) is 0 Å². The van der Waals surface area contributed by atoms with Gasteiger partial charge in [-0.3, -0.25) is 0 Å². The molecule has 1 spiro atoms. The average molecular weight is 925 g/mol. The van der Waals surface area contributed by atoms with Crippen LogP contribution >= 0.6 is 0 Å². The molecule has 13 aromatic carbocycles. The van der Waals surface area contributed by atoms with Crippen molar-refractivity contribution in [2.75, 3.05) is 4.90 Å². The monoisotopic (exact) mass is 924 g/mol. The molecule has 338 valence electrons. The Morgan fingerprint density at radius 3 is 1.47 bits per heavy atom. The van der Waals surface area contributed by atoms with E-state index in [2.05, 4.69) is 276 Å². The van der Waals surface area contributed by atoms with Gasteiger partial charge in [-0.2, -0.15) is 0 Å². The second-order valence-corrected chi connectivity index (χ2v) is 19.8. The summed E-state index contributed by atoms with van der Waals surface area (Å²) in [5.41, 5.74) is 19.0. The third-order valence-electron chi connectivity index (χ3n) is 16.3. The third kappa shape index (κ3) is 5.47. The molecule has 2 aliphatic carbocycles. The maximum absolute atomic E-state index is 2.62. The Balaban J connectivity index is 1.10. The van der Waals surface area contributed by atoms with Crippen molar-refractivity contribution in [3.63, 3.8) is 0 Å². The van der Waals surface area contributed by atoms with Gasteiger partial charge >= 0.3 is 0 Å². The number of nitrogens with zero attached hydrogens (tertiary/aromatic N) is 2. The molecule has 2 aliphatic rings. The first kappa shape index (κ1) is 40.3. The van der Waals surface area contributed by atoms with Crippen LogP contribution in [0.3, 0.4) is 0 Å². The normalized spacial score (nSPS) is 13.0. The van der Waals surface area contributed by atoms with Gasteiger partial charge in [0.1, 0.15) is 0 Å². The van der Waals surface area contributed by atoms with Crippen molar-refractivity contribution in [1.29, 1.82) is 0 Å². The molecule has 2 nitrogen and oxygen atoms in total. The Morgan fingerprint density at radius 1 is 0.288 bits per heavy atom. The van der Waals surface area contributed by atoms with Gasteiger partial charge in [0.15, 0.2) is 0 Å². The lowest BCUT2D eigenvalue weighted by Crippen LogP contribution is -2.26. The Morgan fingerprint density at radius 2 is 0.808 bits per heavy atom. The molecule has 0 fully saturated rings. The van der Waals surface area contributed by atoms with Crippen molar-refractivity contribution in [1.82, 2.24) is 4.57 Å². The predicted octanol–water partition coefficient (Wildman–Crippen LogP) is 18.9. The number of para-hydroxylation sites is 1. The molecule has 1 heterocycles. The summed E-state index contributed by atoms with van der Waals surface area (Å²) >= 11 is 0. The molecule has 0 aliphatic heterocycles. The summed E-state index contributed by atoms with van der Waals surface area (Å²) in [5.74, 6) is 0. The number of hydrogen-bond acceptors (Lipinski definition) is 1. The largest absolute Gasteiger partial charge is 0.309 e. The smallest absolute Gasteiger partial charge is 0.0726 e. The van der Waals surface area contributed by atoms with E-state index in [4.69, 9.17) is 0 Å². The molecule has 0 bridgehead atoms. The van der Waals surface area contributed by atoms with E-state index in [0.29, 0.717) is 0 Å². The van der Waals surface area contributed by atoms with Gasteiger partial charge in [-0.25, -0.2) is 0 Å². The summed E-state index contributed by atoms with van der Waals surface area (Å²) in [6.45, 7) is 0. The van der Waals surface area contributed by atoms with Gasteiger partial charge in [0.25, 0.3) is 0 Å². The zero-order chi connectivity index (χ0) is 47.8. The fraction of sp³-hybridized carbons (Fsp3) is 0.0141. The van der Waals surface area contributed by atoms with Crippen LogP contribution in [0.15, 0.2) is 267 Å².